The number of aliphatic carboxylic acids is 1. The van der Waals surface area contributed by atoms with Crippen molar-refractivity contribution in [2.75, 3.05) is 13.7 Å². The Morgan fingerprint density at radius 2 is 2.04 bits per heavy atom. The third-order valence-electron chi connectivity index (χ3n) is 3.50. The molecule has 0 unspecified atom stereocenters. The molecule has 2 aromatic carbocycles. The van der Waals surface area contributed by atoms with Crippen LogP contribution in [0.3, 0.4) is 0 Å². The number of aliphatic imine (C=N–C) groups is 1. The molecule has 8 nitrogen and oxygen atoms in total. The van der Waals surface area contributed by atoms with E-state index in [4.69, 9.17) is 14.6 Å². The van der Waals surface area contributed by atoms with Gasteiger partial charge in [0.25, 0.3) is 5.69 Å². The highest BCUT2D eigenvalue weighted by Crippen LogP contribution is 2.33. The van der Waals surface area contributed by atoms with E-state index < -0.39 is 17.5 Å². The molecular weight excluding hydrogens is 352 g/mol. The van der Waals surface area contributed by atoms with Crippen LogP contribution in [-0.4, -0.2) is 35.9 Å². The van der Waals surface area contributed by atoms with E-state index in [1.165, 1.54) is 19.2 Å². The summed E-state index contributed by atoms with van der Waals surface area (Å²) in [5, 5.41) is 19.5. The van der Waals surface area contributed by atoms with Gasteiger partial charge in [0.05, 0.1) is 17.7 Å². The van der Waals surface area contributed by atoms with E-state index in [1.54, 1.807) is 36.6 Å². The highest BCUT2D eigenvalue weighted by molar-refractivity contribution is 5.84. The molecule has 2 rings (SSSR count). The van der Waals surface area contributed by atoms with Gasteiger partial charge in [-0.15, -0.1) is 6.58 Å². The van der Waals surface area contributed by atoms with Crippen molar-refractivity contribution in [1.29, 1.82) is 0 Å². The molecule has 0 fully saturated rings. The van der Waals surface area contributed by atoms with E-state index >= 15 is 0 Å². The Morgan fingerprint density at radius 1 is 1.33 bits per heavy atom. The zero-order chi connectivity index (χ0) is 19.8. The van der Waals surface area contributed by atoms with Crippen LogP contribution >= 0.6 is 0 Å². The molecule has 0 spiro atoms. The number of carboxylic acids is 1. The third-order valence-corrected chi connectivity index (χ3v) is 3.50. The largest absolute Gasteiger partial charge is 0.493 e. The molecule has 0 aliphatic rings. The molecule has 0 amide bonds. The van der Waals surface area contributed by atoms with Crippen molar-refractivity contribution in [2.24, 2.45) is 4.99 Å². The minimum absolute atomic E-state index is 0.0104. The molecule has 0 saturated carbocycles. The maximum absolute atomic E-state index is 10.8. The number of ether oxygens (including phenoxy) is 2. The lowest BCUT2D eigenvalue weighted by Crippen LogP contribution is -2.11. The molecule has 0 heterocycles. The van der Waals surface area contributed by atoms with Gasteiger partial charge in [-0.25, -0.2) is 4.79 Å². The lowest BCUT2D eigenvalue weighted by molar-refractivity contribution is -0.384. The Hall–Kier alpha value is -3.68. The molecule has 2 aromatic rings. The number of hydrogen-bond donors (Lipinski definition) is 1. The molecule has 1 N–H and O–H groups in total. The van der Waals surface area contributed by atoms with Crippen LogP contribution in [0, 0.1) is 10.1 Å². The van der Waals surface area contributed by atoms with E-state index in [0.29, 0.717) is 34.7 Å². The van der Waals surface area contributed by atoms with Gasteiger partial charge in [-0.3, -0.25) is 15.1 Å². The number of allylic oxidation sites excluding steroid dienone is 1. The van der Waals surface area contributed by atoms with Crippen molar-refractivity contribution in [2.45, 2.75) is 6.42 Å². The van der Waals surface area contributed by atoms with Gasteiger partial charge in [-0.2, -0.15) is 0 Å². The fourth-order valence-electron chi connectivity index (χ4n) is 2.32. The number of non-ortho nitro benzene ring substituents is 1. The average Bonchev–Trinajstić information content (AvgIpc) is 2.65. The summed E-state index contributed by atoms with van der Waals surface area (Å²) in [7, 11) is 1.46. The second-order valence-corrected chi connectivity index (χ2v) is 5.42. The van der Waals surface area contributed by atoms with Gasteiger partial charge in [-0.1, -0.05) is 6.08 Å². The van der Waals surface area contributed by atoms with Gasteiger partial charge in [0, 0.05) is 23.9 Å². The fraction of sp³-hybridized carbons (Fsp3) is 0.158. The first-order valence-corrected chi connectivity index (χ1v) is 7.89. The molecule has 0 atom stereocenters. The van der Waals surface area contributed by atoms with Gasteiger partial charge in [0.1, 0.15) is 0 Å². The van der Waals surface area contributed by atoms with Crippen LogP contribution in [0.5, 0.6) is 11.5 Å². The van der Waals surface area contributed by atoms with Gasteiger partial charge in [0.15, 0.2) is 18.1 Å². The number of hydrogen-bond acceptors (Lipinski definition) is 6. The van der Waals surface area contributed by atoms with Gasteiger partial charge in [0.2, 0.25) is 0 Å². The Kier molecular flexibility index (Phi) is 6.65. The van der Waals surface area contributed by atoms with Crippen LogP contribution in [-0.2, 0) is 11.2 Å². The van der Waals surface area contributed by atoms with Crippen molar-refractivity contribution in [3.05, 3.63) is 70.3 Å². The average molecular weight is 370 g/mol. The number of nitrogens with zero attached hydrogens (tertiary/aromatic N) is 2. The SMILES string of the molecule is C=CCc1cc(C=Nc2ccc([N+](=O)[O-])cc2)cc(OC)c1OCC(=O)O. The van der Waals surface area contributed by atoms with Gasteiger partial charge >= 0.3 is 5.97 Å². The second-order valence-electron chi connectivity index (χ2n) is 5.42. The molecular formula is C19H18N2O6. The number of benzene rings is 2. The number of methoxy groups -OCH3 is 1. The monoisotopic (exact) mass is 370 g/mol. The van der Waals surface area contributed by atoms with Crippen LogP contribution in [0.25, 0.3) is 0 Å². The Balaban J connectivity index is 2.32. The maximum Gasteiger partial charge on any atom is 0.341 e. The van der Waals surface area contributed by atoms with Crippen molar-refractivity contribution in [1.82, 2.24) is 0 Å². The predicted octanol–water partition coefficient (Wildman–Crippen LogP) is 3.55. The van der Waals surface area contributed by atoms with Crippen molar-refractivity contribution in [3.63, 3.8) is 0 Å². The first kappa shape index (κ1) is 19.6. The molecule has 0 aliphatic heterocycles. The van der Waals surface area contributed by atoms with E-state index in [-0.39, 0.29) is 5.69 Å². The standard InChI is InChI=1S/C19H18N2O6/c1-3-4-14-9-13(10-17(26-2)19(14)27-12-18(22)23)11-20-15-5-7-16(8-6-15)21(24)25/h3,5-11H,1,4,12H2,2H3,(H,22,23). The molecule has 0 aromatic heterocycles. The highest BCUT2D eigenvalue weighted by Gasteiger charge is 2.13. The number of nitro benzene ring substituents is 1. The minimum Gasteiger partial charge on any atom is -0.493 e. The second kappa shape index (κ2) is 9.14. The van der Waals surface area contributed by atoms with Crippen LogP contribution in [0.2, 0.25) is 0 Å². The van der Waals surface area contributed by atoms with E-state index in [0.717, 1.165) is 0 Å². The Bertz CT molecular complexity index is 875. The smallest absolute Gasteiger partial charge is 0.341 e. The van der Waals surface area contributed by atoms with Crippen LogP contribution in [0.4, 0.5) is 11.4 Å². The molecule has 0 radical (unpaired) electrons. The molecule has 0 saturated heterocycles. The summed E-state index contributed by atoms with van der Waals surface area (Å²) in [6, 6.07) is 9.29. The summed E-state index contributed by atoms with van der Waals surface area (Å²) in [6.45, 7) is 3.20. The molecule has 0 bridgehead atoms. The quantitative estimate of drug-likeness (QED) is 0.313. The first-order chi connectivity index (χ1) is 12.9. The third kappa shape index (κ3) is 5.40. The zero-order valence-corrected chi connectivity index (χ0v) is 14.6. The van der Waals surface area contributed by atoms with E-state index in [9.17, 15) is 14.9 Å². The van der Waals surface area contributed by atoms with Crippen molar-refractivity contribution in [3.8, 4) is 11.5 Å². The summed E-state index contributed by atoms with van der Waals surface area (Å²) in [6.07, 6.45) is 3.70. The number of carboxylic acid groups (broad SMARTS) is 1. The molecule has 0 aliphatic carbocycles. The van der Waals surface area contributed by atoms with Gasteiger partial charge < -0.3 is 14.6 Å². The van der Waals surface area contributed by atoms with Crippen molar-refractivity contribution >= 4 is 23.6 Å². The maximum atomic E-state index is 10.8. The fourth-order valence-corrected chi connectivity index (χ4v) is 2.32. The summed E-state index contributed by atoms with van der Waals surface area (Å²) >= 11 is 0. The Morgan fingerprint density at radius 3 is 2.59 bits per heavy atom. The highest BCUT2D eigenvalue weighted by atomic mass is 16.6. The zero-order valence-electron chi connectivity index (χ0n) is 14.6. The molecule has 27 heavy (non-hydrogen) atoms. The van der Waals surface area contributed by atoms with Crippen molar-refractivity contribution < 1.29 is 24.3 Å². The summed E-state index contributed by atoms with van der Waals surface area (Å²) in [5.74, 6) is -0.376. The number of carbonyl (C=O) groups is 1. The van der Waals surface area contributed by atoms with Gasteiger partial charge in [-0.05, 0) is 36.2 Å². The molecule has 140 valence electrons. The lowest BCUT2D eigenvalue weighted by atomic mass is 10.1. The normalized spacial score (nSPS) is 10.6. The lowest BCUT2D eigenvalue weighted by Gasteiger charge is -2.14. The summed E-state index contributed by atoms with van der Waals surface area (Å²) < 4.78 is 10.7. The van der Waals surface area contributed by atoms with E-state index in [1.807, 2.05) is 0 Å². The van der Waals surface area contributed by atoms with Crippen LogP contribution in [0.1, 0.15) is 11.1 Å². The first-order valence-electron chi connectivity index (χ1n) is 7.89. The Labute approximate surface area is 155 Å². The topological polar surface area (TPSA) is 111 Å². The van der Waals surface area contributed by atoms with Crippen LogP contribution < -0.4 is 9.47 Å². The summed E-state index contributed by atoms with van der Waals surface area (Å²) in [5.41, 5.74) is 1.94. The summed E-state index contributed by atoms with van der Waals surface area (Å²) in [4.78, 5) is 25.3. The number of rotatable bonds is 9. The number of nitro groups is 1. The molecule has 8 heteroatoms. The van der Waals surface area contributed by atoms with E-state index in [2.05, 4.69) is 11.6 Å². The minimum atomic E-state index is -1.09. The van der Waals surface area contributed by atoms with Crippen LogP contribution in [0.15, 0.2) is 54.0 Å². The predicted molar refractivity (Wildman–Crippen MR) is 100 cm³/mol.